The van der Waals surface area contributed by atoms with E-state index in [-0.39, 0.29) is 4.93 Å². The van der Waals surface area contributed by atoms with Crippen LogP contribution in [0.15, 0.2) is 24.3 Å². The molecule has 2 rings (SSSR count). The molecule has 0 aromatic carbocycles. The first kappa shape index (κ1) is 5.57. The van der Waals surface area contributed by atoms with Crippen LogP contribution in [0, 0.1) is 0 Å². The molecule has 2 heteroatoms. The molecule has 1 nitrogen and oxygen atoms in total. The molecule has 1 aliphatic carbocycles. The minimum absolute atomic E-state index is 0.0365. The predicted molar refractivity (Wildman–Crippen MR) is 39.4 cm³/mol. The minimum atomic E-state index is 0.0365. The van der Waals surface area contributed by atoms with Gasteiger partial charge in [0.15, 0.2) is 0 Å². The van der Waals surface area contributed by atoms with Crippen molar-refractivity contribution in [2.45, 2.75) is 10.2 Å². The number of hydrogen-bond acceptors (Lipinski definition) is 2. The highest BCUT2D eigenvalue weighted by Crippen LogP contribution is 2.57. The number of rotatable bonds is 1. The number of methoxy groups -OCH3 is 1. The lowest BCUT2D eigenvalue weighted by Gasteiger charge is -2.07. The third-order valence-corrected chi connectivity index (χ3v) is 3.13. The molecule has 0 radical (unpaired) electrons. The molecule has 0 saturated carbocycles. The fourth-order valence-corrected chi connectivity index (χ4v) is 2.06. The van der Waals surface area contributed by atoms with E-state index in [1.165, 1.54) is 0 Å². The Balaban J connectivity index is 2.23. The zero-order valence-electron chi connectivity index (χ0n) is 5.20. The van der Waals surface area contributed by atoms with E-state index in [1.807, 2.05) is 17.8 Å². The predicted octanol–water partition coefficient (Wildman–Crippen LogP) is 1.57. The van der Waals surface area contributed by atoms with Crippen molar-refractivity contribution in [2.75, 3.05) is 7.11 Å². The van der Waals surface area contributed by atoms with Crippen LogP contribution in [0.2, 0.25) is 0 Å². The summed E-state index contributed by atoms with van der Waals surface area (Å²) in [6.07, 6.45) is 8.40. The Hall–Kier alpha value is -0.210. The first-order valence-electron chi connectivity index (χ1n) is 2.96. The lowest BCUT2D eigenvalue weighted by molar-refractivity contribution is 0.143. The van der Waals surface area contributed by atoms with Crippen LogP contribution in [-0.2, 0) is 4.74 Å². The second-order valence-corrected chi connectivity index (χ2v) is 3.59. The van der Waals surface area contributed by atoms with Crippen LogP contribution in [0.4, 0.5) is 0 Å². The Morgan fingerprint density at radius 1 is 1.56 bits per heavy atom. The van der Waals surface area contributed by atoms with Gasteiger partial charge in [0.2, 0.25) is 0 Å². The second kappa shape index (κ2) is 1.64. The Labute approximate surface area is 58.8 Å². The van der Waals surface area contributed by atoms with E-state index in [2.05, 4.69) is 18.2 Å². The van der Waals surface area contributed by atoms with E-state index in [0.29, 0.717) is 5.25 Å². The number of ether oxygens (including phenoxy) is 1. The zero-order valence-corrected chi connectivity index (χ0v) is 6.02. The monoisotopic (exact) mass is 140 g/mol. The van der Waals surface area contributed by atoms with E-state index >= 15 is 0 Å². The Bertz CT molecular complexity index is 185. The number of thioether (sulfide) groups is 1. The molecular formula is C7H8OS. The van der Waals surface area contributed by atoms with Gasteiger partial charge in [-0.05, 0) is 6.08 Å². The minimum Gasteiger partial charge on any atom is -0.362 e. The first-order chi connectivity index (χ1) is 4.37. The molecule has 9 heavy (non-hydrogen) atoms. The van der Waals surface area contributed by atoms with Gasteiger partial charge < -0.3 is 4.74 Å². The lowest BCUT2D eigenvalue weighted by Crippen LogP contribution is -2.13. The van der Waals surface area contributed by atoms with Crippen LogP contribution < -0.4 is 0 Å². The van der Waals surface area contributed by atoms with Crippen molar-refractivity contribution < 1.29 is 4.74 Å². The quantitative estimate of drug-likeness (QED) is 0.511. The average Bonchev–Trinajstić information content (AvgIpc) is 2.62. The summed E-state index contributed by atoms with van der Waals surface area (Å²) in [7, 11) is 1.76. The molecule has 48 valence electrons. The molecule has 0 aromatic heterocycles. The normalized spacial score (nSPS) is 44.8. The number of hydrogen-bond donors (Lipinski definition) is 0. The molecular weight excluding hydrogens is 132 g/mol. The van der Waals surface area contributed by atoms with Crippen molar-refractivity contribution >= 4 is 11.8 Å². The van der Waals surface area contributed by atoms with Crippen LogP contribution in [0.3, 0.4) is 0 Å². The summed E-state index contributed by atoms with van der Waals surface area (Å²) in [4.78, 5) is 0.0365. The average molecular weight is 140 g/mol. The van der Waals surface area contributed by atoms with Gasteiger partial charge in [-0.1, -0.05) is 18.2 Å². The van der Waals surface area contributed by atoms with Gasteiger partial charge in [-0.3, -0.25) is 0 Å². The van der Waals surface area contributed by atoms with E-state index < -0.39 is 0 Å². The summed E-state index contributed by atoms with van der Waals surface area (Å²) < 4.78 is 5.28. The lowest BCUT2D eigenvalue weighted by atomic mass is 10.1. The maximum atomic E-state index is 5.28. The van der Waals surface area contributed by atoms with Gasteiger partial charge >= 0.3 is 0 Å². The van der Waals surface area contributed by atoms with Crippen molar-refractivity contribution in [3.8, 4) is 0 Å². The van der Waals surface area contributed by atoms with Crippen LogP contribution >= 0.6 is 11.8 Å². The van der Waals surface area contributed by atoms with Gasteiger partial charge in [-0.2, -0.15) is 0 Å². The maximum absolute atomic E-state index is 5.28. The summed E-state index contributed by atoms with van der Waals surface area (Å²) in [5, 5.41) is 0.590. The molecule has 2 atom stereocenters. The number of allylic oxidation sites excluding steroid dienone is 2. The van der Waals surface area contributed by atoms with Gasteiger partial charge in [0.1, 0.15) is 4.93 Å². The molecule has 0 amide bonds. The summed E-state index contributed by atoms with van der Waals surface area (Å²) in [5.41, 5.74) is 0. The van der Waals surface area contributed by atoms with E-state index in [4.69, 9.17) is 4.74 Å². The molecule has 2 aliphatic rings. The van der Waals surface area contributed by atoms with Crippen LogP contribution in [0.25, 0.3) is 0 Å². The molecule has 1 aliphatic heterocycles. The zero-order chi connectivity index (χ0) is 6.32. The van der Waals surface area contributed by atoms with Crippen molar-refractivity contribution in [3.63, 3.8) is 0 Å². The fourth-order valence-electron chi connectivity index (χ4n) is 1.06. The molecule has 1 heterocycles. The largest absolute Gasteiger partial charge is 0.362 e. The van der Waals surface area contributed by atoms with Crippen LogP contribution in [0.1, 0.15) is 0 Å². The van der Waals surface area contributed by atoms with Crippen molar-refractivity contribution in [1.82, 2.24) is 0 Å². The molecule has 2 unspecified atom stereocenters. The van der Waals surface area contributed by atoms with E-state index in [1.54, 1.807) is 7.11 Å². The van der Waals surface area contributed by atoms with E-state index in [9.17, 15) is 0 Å². The second-order valence-electron chi connectivity index (χ2n) is 2.21. The van der Waals surface area contributed by atoms with Gasteiger partial charge in [-0.15, -0.1) is 11.8 Å². The maximum Gasteiger partial charge on any atom is 0.148 e. The Morgan fingerprint density at radius 2 is 2.44 bits per heavy atom. The van der Waals surface area contributed by atoms with Crippen molar-refractivity contribution in [2.24, 2.45) is 0 Å². The molecule has 0 aromatic rings. The van der Waals surface area contributed by atoms with Gasteiger partial charge in [0.05, 0.1) is 5.25 Å². The summed E-state index contributed by atoms with van der Waals surface area (Å²) >= 11 is 1.85. The molecule has 0 N–H and O–H groups in total. The Kier molecular flexibility index (Phi) is 1.02. The molecule has 1 fully saturated rings. The van der Waals surface area contributed by atoms with E-state index in [0.717, 1.165) is 0 Å². The Morgan fingerprint density at radius 3 is 3.00 bits per heavy atom. The van der Waals surface area contributed by atoms with Crippen molar-refractivity contribution in [3.05, 3.63) is 24.3 Å². The molecule has 0 spiro atoms. The first-order valence-corrected chi connectivity index (χ1v) is 3.84. The topological polar surface area (TPSA) is 9.23 Å². The van der Waals surface area contributed by atoms with Gasteiger partial charge in [0, 0.05) is 7.11 Å². The van der Waals surface area contributed by atoms with Gasteiger partial charge in [0.25, 0.3) is 0 Å². The van der Waals surface area contributed by atoms with Crippen LogP contribution in [0.5, 0.6) is 0 Å². The summed E-state index contributed by atoms with van der Waals surface area (Å²) in [6.45, 7) is 0. The fraction of sp³-hybridized carbons (Fsp3) is 0.429. The smallest absolute Gasteiger partial charge is 0.148 e. The molecule has 0 bridgehead atoms. The van der Waals surface area contributed by atoms with Gasteiger partial charge in [-0.25, -0.2) is 0 Å². The standard InChI is InChI=1S/C7H8OS/c1-8-7-5-3-2-4-6(7)9-7/h2-6H,1H3. The van der Waals surface area contributed by atoms with Crippen LogP contribution in [-0.4, -0.2) is 17.3 Å². The highest BCUT2D eigenvalue weighted by molar-refractivity contribution is 8.08. The number of fused-ring (bicyclic) bond motifs is 1. The molecule has 1 saturated heterocycles. The summed E-state index contributed by atoms with van der Waals surface area (Å²) in [6, 6.07) is 0. The highest BCUT2D eigenvalue weighted by atomic mass is 32.2. The van der Waals surface area contributed by atoms with Crippen molar-refractivity contribution in [1.29, 1.82) is 0 Å². The highest BCUT2D eigenvalue weighted by Gasteiger charge is 2.53. The summed E-state index contributed by atoms with van der Waals surface area (Å²) in [5.74, 6) is 0. The SMILES string of the molecule is COC12C=CC=CC1S2. The third-order valence-electron chi connectivity index (χ3n) is 1.70. The third kappa shape index (κ3) is 0.667.